The minimum absolute atomic E-state index is 0.0841. The molecule has 0 aliphatic carbocycles. The lowest BCUT2D eigenvalue weighted by Crippen LogP contribution is -2.42. The van der Waals surface area contributed by atoms with Gasteiger partial charge in [0, 0.05) is 23.7 Å². The molecule has 0 saturated carbocycles. The number of nitrogens with zero attached hydrogens (tertiary/aromatic N) is 2. The number of aliphatic hydroxyl groups is 1. The van der Waals surface area contributed by atoms with E-state index < -0.39 is 5.60 Å². The largest absolute Gasteiger partial charge is 0.387 e. The first-order chi connectivity index (χ1) is 13.0. The van der Waals surface area contributed by atoms with Crippen LogP contribution in [0, 0.1) is 5.82 Å². The summed E-state index contributed by atoms with van der Waals surface area (Å²) in [7, 11) is 0. The molecule has 0 fully saturated rings. The van der Waals surface area contributed by atoms with Gasteiger partial charge in [-0.2, -0.15) is 0 Å². The van der Waals surface area contributed by atoms with E-state index in [9.17, 15) is 14.3 Å². The van der Waals surface area contributed by atoms with E-state index in [1.807, 2.05) is 0 Å². The van der Waals surface area contributed by atoms with E-state index in [0.29, 0.717) is 29.2 Å². The molecule has 0 aliphatic rings. The number of hydrogen-bond donors (Lipinski definition) is 2. The molecular formula is C20H20FN3O2S. The molecule has 1 amide bonds. The zero-order valence-corrected chi connectivity index (χ0v) is 15.5. The number of rotatable bonds is 8. The topological polar surface area (TPSA) is 66.6 Å². The molecule has 0 unspecified atom stereocenters. The summed E-state index contributed by atoms with van der Waals surface area (Å²) >= 11 is 1.34. The first kappa shape index (κ1) is 19.0. The fourth-order valence-corrected chi connectivity index (χ4v) is 3.66. The van der Waals surface area contributed by atoms with Gasteiger partial charge in [0.05, 0.1) is 11.3 Å². The van der Waals surface area contributed by atoms with E-state index in [2.05, 4.69) is 23.5 Å². The van der Waals surface area contributed by atoms with Gasteiger partial charge in [-0.3, -0.25) is 9.20 Å². The third-order valence-corrected chi connectivity index (χ3v) is 5.05. The molecule has 7 heteroatoms. The summed E-state index contributed by atoms with van der Waals surface area (Å²) in [6.07, 6.45) is 5.66. The fourth-order valence-electron chi connectivity index (χ4n) is 2.81. The van der Waals surface area contributed by atoms with Crippen molar-refractivity contribution in [1.29, 1.82) is 0 Å². The number of thiazole rings is 1. The molecule has 3 rings (SSSR count). The highest BCUT2D eigenvalue weighted by molar-refractivity contribution is 7.15. The second kappa shape index (κ2) is 7.85. The number of carbonyl (C=O) groups is 1. The summed E-state index contributed by atoms with van der Waals surface area (Å²) in [5, 5.41) is 15.0. The minimum Gasteiger partial charge on any atom is -0.387 e. The lowest BCUT2D eigenvalue weighted by Gasteiger charge is -2.25. The van der Waals surface area contributed by atoms with E-state index in [-0.39, 0.29) is 18.3 Å². The van der Waals surface area contributed by atoms with Crippen LogP contribution in [-0.2, 0) is 0 Å². The first-order valence-corrected chi connectivity index (χ1v) is 9.28. The van der Waals surface area contributed by atoms with Gasteiger partial charge in [-0.1, -0.05) is 12.2 Å². The maximum absolute atomic E-state index is 13.1. The summed E-state index contributed by atoms with van der Waals surface area (Å²) in [5.41, 5.74) is 0.744. The highest BCUT2D eigenvalue weighted by Crippen LogP contribution is 2.24. The molecule has 2 N–H and O–H groups in total. The van der Waals surface area contributed by atoms with Gasteiger partial charge >= 0.3 is 0 Å². The predicted octanol–water partition coefficient (Wildman–Crippen LogP) is 3.82. The molecule has 2 aromatic heterocycles. The number of imidazole rings is 1. The molecule has 0 radical (unpaired) electrons. The Morgan fingerprint density at radius 1 is 1.30 bits per heavy atom. The van der Waals surface area contributed by atoms with Gasteiger partial charge in [0.1, 0.15) is 11.5 Å². The number of halogens is 1. The van der Waals surface area contributed by atoms with Gasteiger partial charge in [-0.25, -0.2) is 9.37 Å². The Hall–Kier alpha value is -2.77. The van der Waals surface area contributed by atoms with Crippen LogP contribution in [0.3, 0.4) is 0 Å². The van der Waals surface area contributed by atoms with Crippen molar-refractivity contribution in [1.82, 2.24) is 14.7 Å². The number of amides is 1. The Morgan fingerprint density at radius 2 is 1.96 bits per heavy atom. The molecule has 3 aromatic rings. The van der Waals surface area contributed by atoms with Gasteiger partial charge in [-0.15, -0.1) is 24.5 Å². The molecule has 0 aliphatic heterocycles. The van der Waals surface area contributed by atoms with Crippen molar-refractivity contribution in [2.24, 2.45) is 0 Å². The minimum atomic E-state index is -1.11. The Morgan fingerprint density at radius 3 is 2.59 bits per heavy atom. The maximum atomic E-state index is 13.1. The van der Waals surface area contributed by atoms with Crippen molar-refractivity contribution < 1.29 is 14.3 Å². The van der Waals surface area contributed by atoms with Crippen LogP contribution in [0.15, 0.2) is 61.2 Å². The van der Waals surface area contributed by atoms with Crippen LogP contribution in [0.5, 0.6) is 0 Å². The molecule has 0 atom stereocenters. The number of carbonyl (C=O) groups excluding carboxylic acids is 1. The average Bonchev–Trinajstić information content (AvgIpc) is 3.21. The van der Waals surface area contributed by atoms with E-state index in [0.717, 1.165) is 5.56 Å². The standard InChI is InChI=1S/C20H20FN3O2S/c1-3-9-20(26,10-4-2)13-22-18(25)17-12-27-19-23-16(11-24(17)19)14-5-7-15(21)8-6-14/h3-8,11-12,26H,1-2,9-10,13H2,(H,22,25). The Bertz CT molecular complexity index is 965. The van der Waals surface area contributed by atoms with Crippen LogP contribution >= 0.6 is 11.3 Å². The van der Waals surface area contributed by atoms with Crippen molar-refractivity contribution in [3.8, 4) is 11.3 Å². The van der Waals surface area contributed by atoms with E-state index >= 15 is 0 Å². The Labute approximate surface area is 160 Å². The van der Waals surface area contributed by atoms with Crippen molar-refractivity contribution in [3.05, 3.63) is 72.7 Å². The summed E-state index contributed by atoms with van der Waals surface area (Å²) in [5.74, 6) is -0.623. The van der Waals surface area contributed by atoms with Gasteiger partial charge in [-0.05, 0) is 37.1 Å². The molecule has 140 valence electrons. The van der Waals surface area contributed by atoms with Crippen LogP contribution in [0.1, 0.15) is 23.3 Å². The van der Waals surface area contributed by atoms with Crippen molar-refractivity contribution >= 4 is 22.2 Å². The first-order valence-electron chi connectivity index (χ1n) is 8.41. The van der Waals surface area contributed by atoms with Gasteiger partial charge in [0.15, 0.2) is 4.96 Å². The third kappa shape index (κ3) is 4.15. The van der Waals surface area contributed by atoms with Crippen LogP contribution in [0.2, 0.25) is 0 Å². The smallest absolute Gasteiger partial charge is 0.269 e. The van der Waals surface area contributed by atoms with Gasteiger partial charge in [0.25, 0.3) is 5.91 Å². The van der Waals surface area contributed by atoms with E-state index in [1.54, 1.807) is 40.3 Å². The Balaban J connectivity index is 1.80. The lowest BCUT2D eigenvalue weighted by molar-refractivity contribution is 0.0436. The van der Waals surface area contributed by atoms with Crippen LogP contribution < -0.4 is 5.32 Å². The lowest BCUT2D eigenvalue weighted by atomic mass is 9.95. The fraction of sp³-hybridized carbons (Fsp3) is 0.200. The van der Waals surface area contributed by atoms with Crippen LogP contribution in [0.4, 0.5) is 4.39 Å². The molecule has 27 heavy (non-hydrogen) atoms. The molecule has 0 spiro atoms. The van der Waals surface area contributed by atoms with Crippen LogP contribution in [0.25, 0.3) is 16.2 Å². The normalized spacial score (nSPS) is 11.5. The monoisotopic (exact) mass is 385 g/mol. The summed E-state index contributed by atoms with van der Waals surface area (Å²) < 4.78 is 14.8. The molecule has 5 nitrogen and oxygen atoms in total. The maximum Gasteiger partial charge on any atom is 0.269 e. The number of aromatic nitrogens is 2. The zero-order valence-electron chi connectivity index (χ0n) is 14.7. The van der Waals surface area contributed by atoms with E-state index in [4.69, 9.17) is 0 Å². The Kier molecular flexibility index (Phi) is 5.53. The van der Waals surface area contributed by atoms with Gasteiger partial charge in [0.2, 0.25) is 0 Å². The van der Waals surface area contributed by atoms with Gasteiger partial charge < -0.3 is 10.4 Å². The van der Waals surface area contributed by atoms with Crippen molar-refractivity contribution in [2.45, 2.75) is 18.4 Å². The highest BCUT2D eigenvalue weighted by Gasteiger charge is 2.25. The number of hydrogen-bond acceptors (Lipinski definition) is 4. The SMILES string of the molecule is C=CCC(O)(CC=C)CNC(=O)c1csc2nc(-c3ccc(F)cc3)cn12. The number of benzene rings is 1. The number of fused-ring (bicyclic) bond motifs is 1. The van der Waals surface area contributed by atoms with Crippen molar-refractivity contribution in [3.63, 3.8) is 0 Å². The molecule has 1 aromatic carbocycles. The summed E-state index contributed by atoms with van der Waals surface area (Å²) in [4.78, 5) is 17.7. The highest BCUT2D eigenvalue weighted by atomic mass is 32.1. The zero-order chi connectivity index (χ0) is 19.4. The molecular weight excluding hydrogens is 365 g/mol. The van der Waals surface area contributed by atoms with Crippen LogP contribution in [-0.4, -0.2) is 32.5 Å². The predicted molar refractivity (Wildman–Crippen MR) is 105 cm³/mol. The second-order valence-corrected chi connectivity index (χ2v) is 7.14. The average molecular weight is 385 g/mol. The second-order valence-electron chi connectivity index (χ2n) is 6.30. The third-order valence-electron chi connectivity index (χ3n) is 4.21. The quantitative estimate of drug-likeness (QED) is 0.580. The van der Waals surface area contributed by atoms with Crippen molar-refractivity contribution in [2.75, 3.05) is 6.54 Å². The summed E-state index contributed by atoms with van der Waals surface area (Å²) in [6, 6.07) is 6.03. The van der Waals surface area contributed by atoms with E-state index in [1.165, 1.54) is 23.5 Å². The molecule has 0 bridgehead atoms. The summed E-state index contributed by atoms with van der Waals surface area (Å²) in [6.45, 7) is 7.37. The molecule has 0 saturated heterocycles. The molecule has 2 heterocycles. The number of nitrogens with one attached hydrogen (secondary N) is 1.